The molecule has 0 saturated carbocycles. The highest BCUT2D eigenvalue weighted by atomic mass is 16.5. The number of H-pyrrole nitrogens is 1. The van der Waals surface area contributed by atoms with Crippen LogP contribution in [-0.4, -0.2) is 39.6 Å². The van der Waals surface area contributed by atoms with Crippen LogP contribution in [0.2, 0.25) is 0 Å². The number of nitrogens with zero attached hydrogens (tertiary/aromatic N) is 4. The SMILES string of the molecule is COc1ccc(-c2cnnc(NCc3cc(C(C)(C)C)n[nH]3)n2)c(OC)c1. The van der Waals surface area contributed by atoms with Crippen molar-refractivity contribution in [1.29, 1.82) is 0 Å². The van der Waals surface area contributed by atoms with Crippen molar-refractivity contribution in [2.75, 3.05) is 19.5 Å². The molecule has 8 heteroatoms. The van der Waals surface area contributed by atoms with Gasteiger partial charge in [-0.3, -0.25) is 5.10 Å². The Bertz CT molecular complexity index is 917. The summed E-state index contributed by atoms with van der Waals surface area (Å²) >= 11 is 0. The first kappa shape index (κ1) is 18.6. The Balaban J connectivity index is 1.77. The molecule has 0 saturated heterocycles. The van der Waals surface area contributed by atoms with Crippen LogP contribution in [0.4, 0.5) is 5.95 Å². The van der Waals surface area contributed by atoms with E-state index >= 15 is 0 Å². The third-order valence-corrected chi connectivity index (χ3v) is 4.08. The monoisotopic (exact) mass is 368 g/mol. The normalized spacial score (nSPS) is 11.3. The standard InChI is InChI=1S/C19H24N6O2/c1-19(2,3)17-8-12(23-24-17)10-20-18-22-15(11-21-25-18)14-7-6-13(26-4)9-16(14)27-5/h6-9,11H,10H2,1-5H3,(H,23,24)(H,20,22,25). The number of rotatable bonds is 6. The molecule has 0 amide bonds. The molecular weight excluding hydrogens is 344 g/mol. The molecule has 1 aromatic carbocycles. The maximum Gasteiger partial charge on any atom is 0.243 e. The maximum atomic E-state index is 5.44. The molecular formula is C19H24N6O2. The molecule has 0 atom stereocenters. The van der Waals surface area contributed by atoms with Crippen LogP contribution in [0.15, 0.2) is 30.5 Å². The first-order valence-corrected chi connectivity index (χ1v) is 8.61. The molecule has 0 bridgehead atoms. The summed E-state index contributed by atoms with van der Waals surface area (Å²) in [6, 6.07) is 7.58. The van der Waals surface area contributed by atoms with Crippen LogP contribution in [0, 0.1) is 0 Å². The Labute approximate surface area is 158 Å². The van der Waals surface area contributed by atoms with Crippen LogP contribution in [-0.2, 0) is 12.0 Å². The molecule has 0 spiro atoms. The molecule has 3 aromatic rings. The van der Waals surface area contributed by atoms with E-state index in [4.69, 9.17) is 9.47 Å². The average Bonchev–Trinajstić information content (AvgIpc) is 3.15. The lowest BCUT2D eigenvalue weighted by atomic mass is 9.92. The summed E-state index contributed by atoms with van der Waals surface area (Å²) < 4.78 is 10.7. The highest BCUT2D eigenvalue weighted by molar-refractivity contribution is 5.68. The molecule has 3 rings (SSSR count). The number of hydrogen-bond acceptors (Lipinski definition) is 7. The van der Waals surface area contributed by atoms with Crippen molar-refractivity contribution >= 4 is 5.95 Å². The van der Waals surface area contributed by atoms with Crippen LogP contribution >= 0.6 is 0 Å². The fourth-order valence-corrected chi connectivity index (χ4v) is 2.53. The molecule has 2 heterocycles. The molecule has 0 fully saturated rings. The Morgan fingerprint density at radius 2 is 1.93 bits per heavy atom. The smallest absolute Gasteiger partial charge is 0.243 e. The van der Waals surface area contributed by atoms with Gasteiger partial charge in [0.2, 0.25) is 5.95 Å². The van der Waals surface area contributed by atoms with Crippen LogP contribution in [0.5, 0.6) is 11.5 Å². The molecule has 2 aromatic heterocycles. The number of nitrogens with one attached hydrogen (secondary N) is 2. The Kier molecular flexibility index (Phi) is 5.25. The zero-order valence-corrected chi connectivity index (χ0v) is 16.2. The van der Waals surface area contributed by atoms with Gasteiger partial charge in [-0.1, -0.05) is 20.8 Å². The first-order chi connectivity index (χ1) is 12.9. The van der Waals surface area contributed by atoms with Crippen molar-refractivity contribution in [1.82, 2.24) is 25.4 Å². The minimum Gasteiger partial charge on any atom is -0.497 e. The van der Waals surface area contributed by atoms with Crippen molar-refractivity contribution < 1.29 is 9.47 Å². The van der Waals surface area contributed by atoms with Crippen molar-refractivity contribution in [2.24, 2.45) is 0 Å². The summed E-state index contributed by atoms with van der Waals surface area (Å²) in [5.74, 6) is 1.80. The van der Waals surface area contributed by atoms with Crippen molar-refractivity contribution in [3.63, 3.8) is 0 Å². The van der Waals surface area contributed by atoms with Gasteiger partial charge in [-0.15, -0.1) is 5.10 Å². The van der Waals surface area contributed by atoms with Gasteiger partial charge < -0.3 is 14.8 Å². The zero-order valence-electron chi connectivity index (χ0n) is 16.2. The lowest BCUT2D eigenvalue weighted by Gasteiger charge is -2.13. The second kappa shape index (κ2) is 7.61. The van der Waals surface area contributed by atoms with E-state index in [1.165, 1.54) is 0 Å². The first-order valence-electron chi connectivity index (χ1n) is 8.61. The van der Waals surface area contributed by atoms with Gasteiger partial charge in [0, 0.05) is 17.0 Å². The molecule has 0 radical (unpaired) electrons. The average molecular weight is 368 g/mol. The number of aromatic nitrogens is 5. The highest BCUT2D eigenvalue weighted by Crippen LogP contribution is 2.32. The number of ether oxygens (including phenoxy) is 2. The second-order valence-electron chi connectivity index (χ2n) is 7.11. The van der Waals surface area contributed by atoms with Gasteiger partial charge in [0.25, 0.3) is 0 Å². The van der Waals surface area contributed by atoms with Crippen LogP contribution in [0.3, 0.4) is 0 Å². The lowest BCUT2D eigenvalue weighted by Crippen LogP contribution is -2.11. The third kappa shape index (κ3) is 4.33. The molecule has 142 valence electrons. The van der Waals surface area contributed by atoms with E-state index in [1.54, 1.807) is 20.4 Å². The number of hydrogen-bond donors (Lipinski definition) is 2. The van der Waals surface area contributed by atoms with E-state index in [0.29, 0.717) is 29.7 Å². The topological polar surface area (TPSA) is 97.8 Å². The van der Waals surface area contributed by atoms with E-state index in [1.807, 2.05) is 24.3 Å². The van der Waals surface area contributed by atoms with Crippen molar-refractivity contribution in [3.8, 4) is 22.8 Å². The van der Waals surface area contributed by atoms with Gasteiger partial charge in [-0.05, 0) is 18.2 Å². The van der Waals surface area contributed by atoms with E-state index in [2.05, 4.69) is 51.5 Å². The Morgan fingerprint density at radius 3 is 2.59 bits per heavy atom. The number of methoxy groups -OCH3 is 2. The molecule has 8 nitrogen and oxygen atoms in total. The zero-order chi connectivity index (χ0) is 19.4. The summed E-state index contributed by atoms with van der Waals surface area (Å²) in [5.41, 5.74) is 3.43. The van der Waals surface area contributed by atoms with Gasteiger partial charge >= 0.3 is 0 Å². The van der Waals surface area contributed by atoms with Gasteiger partial charge in [-0.25, -0.2) is 4.98 Å². The van der Waals surface area contributed by atoms with Crippen LogP contribution in [0.25, 0.3) is 11.3 Å². The summed E-state index contributed by atoms with van der Waals surface area (Å²) in [6.45, 7) is 6.89. The van der Waals surface area contributed by atoms with Gasteiger partial charge in [0.1, 0.15) is 11.5 Å². The molecule has 0 aliphatic heterocycles. The predicted octanol–water partition coefficient (Wildman–Crippen LogP) is 3.19. The van der Waals surface area contributed by atoms with E-state index in [-0.39, 0.29) is 5.41 Å². The molecule has 0 aliphatic carbocycles. The minimum absolute atomic E-state index is 0.00234. The summed E-state index contributed by atoms with van der Waals surface area (Å²) in [5, 5.41) is 18.7. The summed E-state index contributed by atoms with van der Waals surface area (Å²) in [6.07, 6.45) is 1.60. The maximum absolute atomic E-state index is 5.44. The number of anilines is 1. The lowest BCUT2D eigenvalue weighted by molar-refractivity contribution is 0.395. The molecule has 0 aliphatic rings. The third-order valence-electron chi connectivity index (χ3n) is 4.08. The predicted molar refractivity (Wildman–Crippen MR) is 103 cm³/mol. The quantitative estimate of drug-likeness (QED) is 0.689. The van der Waals surface area contributed by atoms with E-state index in [9.17, 15) is 0 Å². The van der Waals surface area contributed by atoms with Gasteiger partial charge in [-0.2, -0.15) is 10.2 Å². The molecule has 2 N–H and O–H groups in total. The van der Waals surface area contributed by atoms with Gasteiger partial charge in [0.15, 0.2) is 0 Å². The van der Waals surface area contributed by atoms with Crippen LogP contribution < -0.4 is 14.8 Å². The van der Waals surface area contributed by atoms with E-state index in [0.717, 1.165) is 17.0 Å². The number of aromatic amines is 1. The fraction of sp³-hybridized carbons (Fsp3) is 0.368. The van der Waals surface area contributed by atoms with Crippen LogP contribution in [0.1, 0.15) is 32.2 Å². The van der Waals surface area contributed by atoms with Gasteiger partial charge in [0.05, 0.1) is 44.0 Å². The minimum atomic E-state index is -0.00234. The van der Waals surface area contributed by atoms with Crippen molar-refractivity contribution in [3.05, 3.63) is 41.9 Å². The Morgan fingerprint density at radius 1 is 1.11 bits per heavy atom. The highest BCUT2D eigenvalue weighted by Gasteiger charge is 2.17. The van der Waals surface area contributed by atoms with Crippen molar-refractivity contribution in [2.45, 2.75) is 32.7 Å². The summed E-state index contributed by atoms with van der Waals surface area (Å²) in [4.78, 5) is 4.54. The summed E-state index contributed by atoms with van der Waals surface area (Å²) in [7, 11) is 3.22. The Hall–Kier alpha value is -3.16. The number of benzene rings is 1. The van der Waals surface area contributed by atoms with E-state index < -0.39 is 0 Å². The largest absolute Gasteiger partial charge is 0.497 e. The molecule has 0 unspecified atom stereocenters. The second-order valence-corrected chi connectivity index (χ2v) is 7.11. The molecule has 27 heavy (non-hydrogen) atoms. The fourth-order valence-electron chi connectivity index (χ4n) is 2.53.